The summed E-state index contributed by atoms with van der Waals surface area (Å²) in [6.07, 6.45) is -4.58. The lowest BCUT2D eigenvalue weighted by molar-refractivity contribution is -0.137. The summed E-state index contributed by atoms with van der Waals surface area (Å²) >= 11 is 1.08. The van der Waals surface area contributed by atoms with Crippen molar-refractivity contribution in [3.05, 3.63) is 35.0 Å². The first-order valence-electron chi connectivity index (χ1n) is 4.45. The molecule has 2 rings (SSSR count). The lowest BCUT2D eigenvalue weighted by atomic mass is 10.1. The number of nitrogens with two attached hydrogens (primary N) is 1. The maximum atomic E-state index is 13.1. The number of alkyl halides is 3. The van der Waals surface area contributed by atoms with E-state index in [9.17, 15) is 17.6 Å². The van der Waals surface area contributed by atoms with Crippen LogP contribution < -0.4 is 5.73 Å². The van der Waals surface area contributed by atoms with Gasteiger partial charge in [0.25, 0.3) is 0 Å². The molecule has 7 heteroatoms. The predicted molar refractivity (Wildman–Crippen MR) is 56.9 cm³/mol. The molecule has 2 N–H and O–H groups in total. The van der Waals surface area contributed by atoms with E-state index in [1.807, 2.05) is 0 Å². The summed E-state index contributed by atoms with van der Waals surface area (Å²) in [6, 6.07) is 2.28. The van der Waals surface area contributed by atoms with Crippen LogP contribution >= 0.6 is 11.3 Å². The summed E-state index contributed by atoms with van der Waals surface area (Å²) < 4.78 is 50.5. The van der Waals surface area contributed by atoms with Gasteiger partial charge in [0.1, 0.15) is 5.82 Å². The summed E-state index contributed by atoms with van der Waals surface area (Å²) in [5, 5.41) is 1.70. The van der Waals surface area contributed by atoms with Crippen LogP contribution in [0.3, 0.4) is 0 Å². The molecule has 1 aromatic heterocycles. The monoisotopic (exact) mass is 262 g/mol. The van der Waals surface area contributed by atoms with Crippen LogP contribution in [-0.2, 0) is 6.18 Å². The van der Waals surface area contributed by atoms with E-state index in [1.54, 1.807) is 0 Å². The van der Waals surface area contributed by atoms with E-state index in [-0.39, 0.29) is 16.4 Å². The molecule has 1 aromatic carbocycles. The highest BCUT2D eigenvalue weighted by atomic mass is 32.1. The van der Waals surface area contributed by atoms with E-state index in [0.717, 1.165) is 23.5 Å². The van der Waals surface area contributed by atoms with Crippen molar-refractivity contribution in [2.24, 2.45) is 0 Å². The first-order chi connectivity index (χ1) is 7.86. The molecule has 0 aliphatic carbocycles. The van der Waals surface area contributed by atoms with Gasteiger partial charge in [-0.2, -0.15) is 13.2 Å². The second kappa shape index (κ2) is 3.99. The third kappa shape index (κ3) is 2.55. The Kier molecular flexibility index (Phi) is 2.78. The van der Waals surface area contributed by atoms with Gasteiger partial charge in [-0.3, -0.25) is 0 Å². The standard InChI is InChI=1S/C10H6F4N2S/c11-7-2-5(8-4-17-9(15)16-8)1-6(3-7)10(12,13)14/h1-4H,(H2,15,16). The lowest BCUT2D eigenvalue weighted by Gasteiger charge is -2.08. The summed E-state index contributed by atoms with van der Waals surface area (Å²) in [5.74, 6) is -0.957. The number of thiazole rings is 1. The molecule has 0 aliphatic rings. The first kappa shape index (κ1) is 11.8. The summed E-state index contributed by atoms with van der Waals surface area (Å²) in [5.41, 5.74) is 4.62. The third-order valence-electron chi connectivity index (χ3n) is 2.04. The first-order valence-corrected chi connectivity index (χ1v) is 5.33. The van der Waals surface area contributed by atoms with E-state index >= 15 is 0 Å². The van der Waals surface area contributed by atoms with Crippen molar-refractivity contribution in [2.45, 2.75) is 6.18 Å². The van der Waals surface area contributed by atoms with Gasteiger partial charge in [-0.15, -0.1) is 11.3 Å². The molecule has 0 spiro atoms. The molecule has 0 amide bonds. The lowest BCUT2D eigenvalue weighted by Crippen LogP contribution is -2.05. The van der Waals surface area contributed by atoms with Crippen LogP contribution in [0.2, 0.25) is 0 Å². The number of benzene rings is 1. The van der Waals surface area contributed by atoms with Gasteiger partial charge in [0.2, 0.25) is 0 Å². The number of anilines is 1. The molecule has 0 saturated heterocycles. The molecule has 0 bridgehead atoms. The zero-order valence-corrected chi connectivity index (χ0v) is 9.07. The Morgan fingerprint density at radius 3 is 2.41 bits per heavy atom. The maximum absolute atomic E-state index is 13.1. The van der Waals surface area contributed by atoms with Gasteiger partial charge in [0.15, 0.2) is 5.13 Å². The van der Waals surface area contributed by atoms with Gasteiger partial charge in [0, 0.05) is 10.9 Å². The van der Waals surface area contributed by atoms with Crippen LogP contribution in [0, 0.1) is 5.82 Å². The van der Waals surface area contributed by atoms with Crippen LogP contribution in [-0.4, -0.2) is 4.98 Å². The summed E-state index contributed by atoms with van der Waals surface area (Å²) in [4.78, 5) is 3.81. The van der Waals surface area contributed by atoms with Crippen molar-refractivity contribution in [1.29, 1.82) is 0 Å². The summed E-state index contributed by atoms with van der Waals surface area (Å²) in [7, 11) is 0. The van der Waals surface area contributed by atoms with Gasteiger partial charge in [-0.05, 0) is 18.2 Å². The maximum Gasteiger partial charge on any atom is 0.416 e. The Hall–Kier alpha value is -1.63. The number of nitrogens with zero attached hydrogens (tertiary/aromatic N) is 1. The number of hydrogen-bond acceptors (Lipinski definition) is 3. The van der Waals surface area contributed by atoms with E-state index in [2.05, 4.69) is 4.98 Å². The zero-order valence-electron chi connectivity index (χ0n) is 8.25. The average molecular weight is 262 g/mol. The fourth-order valence-corrected chi connectivity index (χ4v) is 1.89. The Bertz CT molecular complexity index is 547. The normalized spacial score (nSPS) is 11.8. The van der Waals surface area contributed by atoms with E-state index in [1.165, 1.54) is 5.38 Å². The largest absolute Gasteiger partial charge is 0.416 e. The van der Waals surface area contributed by atoms with E-state index in [0.29, 0.717) is 6.07 Å². The van der Waals surface area contributed by atoms with Gasteiger partial charge in [0.05, 0.1) is 11.3 Å². The predicted octanol–water partition coefficient (Wildman–Crippen LogP) is 3.55. The van der Waals surface area contributed by atoms with Crippen molar-refractivity contribution < 1.29 is 17.6 Å². The van der Waals surface area contributed by atoms with Gasteiger partial charge in [-0.25, -0.2) is 9.37 Å². The Morgan fingerprint density at radius 1 is 1.18 bits per heavy atom. The van der Waals surface area contributed by atoms with Gasteiger partial charge >= 0.3 is 6.18 Å². The minimum Gasteiger partial charge on any atom is -0.375 e. The zero-order chi connectivity index (χ0) is 12.6. The molecule has 1 heterocycles. The molecule has 90 valence electrons. The molecule has 2 nitrogen and oxygen atoms in total. The van der Waals surface area contributed by atoms with Crippen molar-refractivity contribution >= 4 is 16.5 Å². The molecular formula is C10H6F4N2S. The smallest absolute Gasteiger partial charge is 0.375 e. The number of halogens is 4. The SMILES string of the molecule is Nc1nc(-c2cc(F)cc(C(F)(F)F)c2)cs1. The number of nitrogen functional groups attached to an aromatic ring is 1. The molecule has 2 aromatic rings. The quantitative estimate of drug-likeness (QED) is 0.798. The molecule has 0 aliphatic heterocycles. The van der Waals surface area contributed by atoms with Gasteiger partial charge in [-0.1, -0.05) is 0 Å². The van der Waals surface area contributed by atoms with Crippen molar-refractivity contribution in [3.63, 3.8) is 0 Å². The Balaban J connectivity index is 2.52. The molecule has 0 unspecified atom stereocenters. The molecule has 0 radical (unpaired) electrons. The average Bonchev–Trinajstić information content (AvgIpc) is 2.62. The van der Waals surface area contributed by atoms with Gasteiger partial charge < -0.3 is 5.73 Å². The highest BCUT2D eigenvalue weighted by molar-refractivity contribution is 7.13. The third-order valence-corrected chi connectivity index (χ3v) is 2.72. The highest BCUT2D eigenvalue weighted by Gasteiger charge is 2.31. The fraction of sp³-hybridized carbons (Fsp3) is 0.100. The topological polar surface area (TPSA) is 38.9 Å². The van der Waals surface area contributed by atoms with Crippen LogP contribution in [0.4, 0.5) is 22.7 Å². The second-order valence-electron chi connectivity index (χ2n) is 3.30. The highest BCUT2D eigenvalue weighted by Crippen LogP contribution is 2.33. The van der Waals surface area contributed by atoms with Crippen LogP contribution in [0.5, 0.6) is 0 Å². The van der Waals surface area contributed by atoms with Crippen molar-refractivity contribution in [1.82, 2.24) is 4.98 Å². The summed E-state index contributed by atoms with van der Waals surface area (Å²) in [6.45, 7) is 0. The second-order valence-corrected chi connectivity index (χ2v) is 4.19. The van der Waals surface area contributed by atoms with Crippen LogP contribution in [0.15, 0.2) is 23.6 Å². The molecule has 0 saturated carbocycles. The Morgan fingerprint density at radius 2 is 1.88 bits per heavy atom. The number of aromatic nitrogens is 1. The molecule has 0 atom stereocenters. The van der Waals surface area contributed by atoms with Crippen molar-refractivity contribution in [3.8, 4) is 11.3 Å². The Labute approximate surface area is 97.7 Å². The fourth-order valence-electron chi connectivity index (χ4n) is 1.32. The number of hydrogen-bond donors (Lipinski definition) is 1. The molecular weight excluding hydrogens is 256 g/mol. The van der Waals surface area contributed by atoms with Crippen molar-refractivity contribution in [2.75, 3.05) is 5.73 Å². The van der Waals surface area contributed by atoms with E-state index < -0.39 is 17.6 Å². The minimum atomic E-state index is -4.58. The molecule has 0 fully saturated rings. The van der Waals surface area contributed by atoms with Crippen LogP contribution in [0.25, 0.3) is 11.3 Å². The minimum absolute atomic E-state index is 0.0604. The number of rotatable bonds is 1. The molecule has 17 heavy (non-hydrogen) atoms. The van der Waals surface area contributed by atoms with E-state index in [4.69, 9.17) is 5.73 Å². The van der Waals surface area contributed by atoms with Crippen LogP contribution in [0.1, 0.15) is 5.56 Å².